The first-order chi connectivity index (χ1) is 14.8. The maximum atomic E-state index is 13.0. The van der Waals surface area contributed by atoms with Gasteiger partial charge in [0.25, 0.3) is 5.91 Å². The largest absolute Gasteiger partial charge is 0.507 e. The lowest BCUT2D eigenvalue weighted by Crippen LogP contribution is -2.50. The van der Waals surface area contributed by atoms with E-state index in [1.807, 2.05) is 0 Å². The summed E-state index contributed by atoms with van der Waals surface area (Å²) in [5, 5.41) is 15.2. The van der Waals surface area contributed by atoms with Crippen LogP contribution in [0.3, 0.4) is 0 Å². The van der Waals surface area contributed by atoms with E-state index in [0.717, 1.165) is 12.0 Å². The highest BCUT2D eigenvalue weighted by Crippen LogP contribution is 2.31. The van der Waals surface area contributed by atoms with Gasteiger partial charge in [-0.2, -0.15) is 0 Å². The van der Waals surface area contributed by atoms with E-state index in [1.54, 1.807) is 39.8 Å². The number of esters is 1. The summed E-state index contributed by atoms with van der Waals surface area (Å²) in [5.74, 6) is -2.60. The second-order valence-corrected chi connectivity index (χ2v) is 7.91. The Morgan fingerprint density at radius 1 is 1.25 bits per heavy atom. The Balaban J connectivity index is 3.27. The minimum atomic E-state index is -1.49. The van der Waals surface area contributed by atoms with E-state index in [9.17, 15) is 24.3 Å². The van der Waals surface area contributed by atoms with Crippen LogP contribution in [0.5, 0.6) is 5.75 Å². The molecular formula is C22H29N3O7. The molecule has 1 aromatic rings. The van der Waals surface area contributed by atoms with Crippen LogP contribution < -0.4 is 10.6 Å². The molecule has 0 spiro atoms. The number of para-hydroxylation sites is 1. The molecule has 10 heteroatoms. The number of amides is 3. The van der Waals surface area contributed by atoms with E-state index < -0.39 is 48.1 Å². The van der Waals surface area contributed by atoms with Gasteiger partial charge in [-0.15, -0.1) is 0 Å². The predicted octanol–water partition coefficient (Wildman–Crippen LogP) is 1.36. The van der Waals surface area contributed by atoms with Gasteiger partial charge in [0.15, 0.2) is 6.04 Å². The SMILES string of the molecule is C#CN(C(=O)C(C)NC(=O)OC(C)(C)C)C(C(=O)NCC(=O)OC)c1cccc(C)c1O. The van der Waals surface area contributed by atoms with Crippen molar-refractivity contribution in [1.82, 2.24) is 15.5 Å². The molecule has 3 amide bonds. The van der Waals surface area contributed by atoms with Crippen molar-refractivity contribution >= 4 is 23.9 Å². The highest BCUT2D eigenvalue weighted by atomic mass is 16.6. The molecular weight excluding hydrogens is 418 g/mol. The van der Waals surface area contributed by atoms with Gasteiger partial charge in [-0.1, -0.05) is 24.6 Å². The summed E-state index contributed by atoms with van der Waals surface area (Å²) >= 11 is 0. The van der Waals surface area contributed by atoms with Gasteiger partial charge in [-0.3, -0.25) is 19.3 Å². The number of terminal acetylenes is 1. The summed E-state index contributed by atoms with van der Waals surface area (Å²) in [6.07, 6.45) is 4.70. The molecule has 0 aliphatic heterocycles. The Hall–Kier alpha value is -3.74. The number of carbonyl (C=O) groups is 4. The second-order valence-electron chi connectivity index (χ2n) is 7.91. The summed E-state index contributed by atoms with van der Waals surface area (Å²) in [6.45, 7) is 7.49. The first kappa shape index (κ1) is 26.3. The molecule has 0 radical (unpaired) electrons. The van der Waals surface area contributed by atoms with Crippen LogP contribution in [-0.2, 0) is 23.9 Å². The van der Waals surface area contributed by atoms with Crippen molar-refractivity contribution in [1.29, 1.82) is 0 Å². The number of hydrogen-bond donors (Lipinski definition) is 3. The molecule has 2 atom stereocenters. The number of rotatable bonds is 7. The van der Waals surface area contributed by atoms with E-state index in [2.05, 4.69) is 21.4 Å². The maximum absolute atomic E-state index is 13.0. The normalized spacial score (nSPS) is 12.5. The first-order valence-electron chi connectivity index (χ1n) is 9.74. The number of hydrogen-bond acceptors (Lipinski definition) is 7. The topological polar surface area (TPSA) is 134 Å². The smallest absolute Gasteiger partial charge is 0.408 e. The number of phenols is 1. The second kappa shape index (κ2) is 11.0. The number of alkyl carbamates (subject to hydrolysis) is 1. The average molecular weight is 447 g/mol. The fraction of sp³-hybridized carbons (Fsp3) is 0.455. The van der Waals surface area contributed by atoms with Crippen LogP contribution in [0.2, 0.25) is 0 Å². The third-order valence-electron chi connectivity index (χ3n) is 4.18. The third-order valence-corrected chi connectivity index (χ3v) is 4.18. The molecule has 32 heavy (non-hydrogen) atoms. The number of nitrogens with zero attached hydrogens (tertiary/aromatic N) is 1. The van der Waals surface area contributed by atoms with Gasteiger partial charge in [0.05, 0.1) is 7.11 Å². The zero-order valence-corrected chi connectivity index (χ0v) is 19.0. The minimum Gasteiger partial charge on any atom is -0.507 e. The summed E-state index contributed by atoms with van der Waals surface area (Å²) < 4.78 is 9.63. The Morgan fingerprint density at radius 3 is 2.41 bits per heavy atom. The van der Waals surface area contributed by atoms with Crippen molar-refractivity contribution < 1.29 is 33.8 Å². The molecule has 0 aliphatic rings. The first-order valence-corrected chi connectivity index (χ1v) is 9.74. The molecule has 174 valence electrons. The van der Waals surface area contributed by atoms with Gasteiger partial charge in [0, 0.05) is 11.6 Å². The quantitative estimate of drug-likeness (QED) is 0.326. The average Bonchev–Trinajstić information content (AvgIpc) is 2.70. The van der Waals surface area contributed by atoms with Crippen LogP contribution in [0.25, 0.3) is 0 Å². The Kier molecular flexibility index (Phi) is 9.07. The summed E-state index contributed by atoms with van der Waals surface area (Å²) in [7, 11) is 1.15. The van der Waals surface area contributed by atoms with Crippen LogP contribution in [0.4, 0.5) is 4.79 Å². The lowest BCUT2D eigenvalue weighted by Gasteiger charge is -2.29. The Labute approximate surface area is 187 Å². The number of benzene rings is 1. The predicted molar refractivity (Wildman–Crippen MR) is 115 cm³/mol. The summed E-state index contributed by atoms with van der Waals surface area (Å²) in [5.41, 5.74) is -0.303. The summed E-state index contributed by atoms with van der Waals surface area (Å²) in [6, 6.07) is 4.10. The zero-order chi connectivity index (χ0) is 24.6. The monoisotopic (exact) mass is 447 g/mol. The molecule has 0 aromatic heterocycles. The molecule has 0 bridgehead atoms. The number of aromatic hydroxyl groups is 1. The van der Waals surface area contributed by atoms with Crippen molar-refractivity contribution in [2.45, 2.75) is 52.3 Å². The number of carbonyl (C=O) groups excluding carboxylic acids is 4. The highest BCUT2D eigenvalue weighted by Gasteiger charge is 2.36. The lowest BCUT2D eigenvalue weighted by molar-refractivity contribution is -0.142. The van der Waals surface area contributed by atoms with Gasteiger partial charge in [0.2, 0.25) is 5.91 Å². The third kappa shape index (κ3) is 7.19. The van der Waals surface area contributed by atoms with Crippen LogP contribution >= 0.6 is 0 Å². The van der Waals surface area contributed by atoms with E-state index in [0.29, 0.717) is 5.56 Å². The van der Waals surface area contributed by atoms with Crippen LogP contribution in [0.15, 0.2) is 18.2 Å². The number of methoxy groups -OCH3 is 1. The van der Waals surface area contributed by atoms with Gasteiger partial charge in [-0.25, -0.2) is 4.79 Å². The standard InChI is InChI=1S/C22H29N3O7/c1-8-25(20(29)14(3)24-21(30)32-22(4,5)6)17(19(28)23-12-16(26)31-7)15-11-9-10-13(2)18(15)27/h1,9-11,14,17,27H,12H2,2-7H3,(H,23,28)(H,24,30). The number of phenolic OH excluding ortho intramolecular Hbond substituents is 1. The zero-order valence-electron chi connectivity index (χ0n) is 19.0. The lowest BCUT2D eigenvalue weighted by atomic mass is 10.00. The van der Waals surface area contributed by atoms with Crippen LogP contribution in [0.1, 0.15) is 44.9 Å². The molecule has 2 unspecified atom stereocenters. The molecule has 10 nitrogen and oxygen atoms in total. The molecule has 0 saturated carbocycles. The molecule has 0 fully saturated rings. The molecule has 1 rings (SSSR count). The molecule has 0 saturated heterocycles. The highest BCUT2D eigenvalue weighted by molar-refractivity contribution is 5.94. The van der Waals surface area contributed by atoms with Crippen LogP contribution in [-0.4, -0.2) is 59.2 Å². The van der Waals surface area contributed by atoms with Crippen molar-refractivity contribution in [3.63, 3.8) is 0 Å². The molecule has 0 heterocycles. The Morgan fingerprint density at radius 2 is 1.88 bits per heavy atom. The number of aryl methyl sites for hydroxylation is 1. The van der Waals surface area contributed by atoms with Gasteiger partial charge in [-0.05, 0) is 40.2 Å². The molecule has 1 aromatic carbocycles. The summed E-state index contributed by atoms with van der Waals surface area (Å²) in [4.78, 5) is 50.2. The van der Waals surface area contributed by atoms with Gasteiger partial charge in [0.1, 0.15) is 23.9 Å². The van der Waals surface area contributed by atoms with Crippen molar-refractivity contribution in [3.05, 3.63) is 29.3 Å². The van der Waals surface area contributed by atoms with Crippen molar-refractivity contribution in [3.8, 4) is 18.2 Å². The maximum Gasteiger partial charge on any atom is 0.408 e. The van der Waals surface area contributed by atoms with Gasteiger partial charge >= 0.3 is 12.1 Å². The fourth-order valence-corrected chi connectivity index (χ4v) is 2.65. The van der Waals surface area contributed by atoms with Crippen LogP contribution in [0, 0.1) is 19.4 Å². The number of ether oxygens (including phenoxy) is 2. The van der Waals surface area contributed by atoms with E-state index in [4.69, 9.17) is 11.2 Å². The fourth-order valence-electron chi connectivity index (χ4n) is 2.65. The van der Waals surface area contributed by atoms with Crippen molar-refractivity contribution in [2.24, 2.45) is 0 Å². The van der Waals surface area contributed by atoms with Crippen molar-refractivity contribution in [2.75, 3.05) is 13.7 Å². The molecule has 3 N–H and O–H groups in total. The number of nitrogens with one attached hydrogen (secondary N) is 2. The van der Waals surface area contributed by atoms with E-state index in [-0.39, 0.29) is 11.3 Å². The van der Waals surface area contributed by atoms with Gasteiger partial charge < -0.3 is 25.2 Å². The Bertz CT molecular complexity index is 915. The minimum absolute atomic E-state index is 0.0446. The van der Waals surface area contributed by atoms with E-state index in [1.165, 1.54) is 13.0 Å². The molecule has 0 aliphatic carbocycles. The van der Waals surface area contributed by atoms with E-state index >= 15 is 0 Å².